The minimum absolute atomic E-state index is 0.0757. The normalized spacial score (nSPS) is 11.3. The molecule has 42 heavy (non-hydrogen) atoms. The van der Waals surface area contributed by atoms with Gasteiger partial charge in [0, 0.05) is 27.0 Å². The van der Waals surface area contributed by atoms with Gasteiger partial charge >= 0.3 is 12.2 Å². The molecule has 0 bridgehead atoms. The molecule has 0 unspecified atom stereocenters. The van der Waals surface area contributed by atoms with Gasteiger partial charge in [0.15, 0.2) is 0 Å². The van der Waals surface area contributed by atoms with E-state index in [0.717, 1.165) is 14.9 Å². The number of ether oxygens (including phenoxy) is 2. The van der Waals surface area contributed by atoms with Crippen molar-refractivity contribution in [3.63, 3.8) is 0 Å². The van der Waals surface area contributed by atoms with Gasteiger partial charge in [-0.1, -0.05) is 22.0 Å². The molecule has 0 radical (unpaired) electrons. The summed E-state index contributed by atoms with van der Waals surface area (Å²) in [7, 11) is 0. The average molecular weight is 639 g/mol. The first-order valence-corrected chi connectivity index (χ1v) is 14.1. The first-order chi connectivity index (χ1) is 19.5. The number of anilines is 2. The van der Waals surface area contributed by atoms with Gasteiger partial charge in [0.05, 0.1) is 6.54 Å². The van der Waals surface area contributed by atoms with E-state index in [1.165, 1.54) is 0 Å². The Kier molecular flexibility index (Phi) is 10.2. The van der Waals surface area contributed by atoms with Crippen molar-refractivity contribution in [3.05, 3.63) is 93.5 Å². The molecule has 0 saturated heterocycles. The number of halogens is 1. The molecule has 4 amide bonds. The average Bonchev–Trinajstić information content (AvgIpc) is 2.87. The van der Waals surface area contributed by atoms with Crippen LogP contribution in [0.4, 0.5) is 21.0 Å². The van der Waals surface area contributed by atoms with Crippen molar-refractivity contribution < 1.29 is 28.7 Å². The molecule has 10 heteroatoms. The van der Waals surface area contributed by atoms with Crippen LogP contribution in [0.3, 0.4) is 0 Å². The van der Waals surface area contributed by atoms with Crippen LogP contribution in [0.2, 0.25) is 0 Å². The molecule has 222 valence electrons. The van der Waals surface area contributed by atoms with Crippen molar-refractivity contribution in [2.24, 2.45) is 0 Å². The van der Waals surface area contributed by atoms with Gasteiger partial charge in [-0.2, -0.15) is 0 Å². The van der Waals surface area contributed by atoms with Crippen LogP contribution in [0.15, 0.2) is 71.2 Å². The number of amides is 4. The first-order valence-electron chi connectivity index (χ1n) is 13.3. The Bertz CT molecular complexity index is 1430. The minimum atomic E-state index is -0.817. The lowest BCUT2D eigenvalue weighted by atomic mass is 10.1. The summed E-state index contributed by atoms with van der Waals surface area (Å²) in [6.45, 7) is 12.0. The second-order valence-corrected chi connectivity index (χ2v) is 12.6. The molecule has 0 aliphatic heterocycles. The highest BCUT2D eigenvalue weighted by molar-refractivity contribution is 9.10. The van der Waals surface area contributed by atoms with Gasteiger partial charge in [-0.25, -0.2) is 14.5 Å². The summed E-state index contributed by atoms with van der Waals surface area (Å²) in [5.41, 5.74) is 1.77. The smallest absolute Gasteiger partial charge is 0.420 e. The molecule has 2 N–H and O–H groups in total. The van der Waals surface area contributed by atoms with E-state index in [-0.39, 0.29) is 18.4 Å². The van der Waals surface area contributed by atoms with E-state index in [1.807, 2.05) is 19.1 Å². The third kappa shape index (κ3) is 9.73. The molecule has 0 spiro atoms. The van der Waals surface area contributed by atoms with Gasteiger partial charge < -0.3 is 20.1 Å². The Labute approximate surface area is 254 Å². The zero-order chi connectivity index (χ0) is 31.2. The highest BCUT2D eigenvalue weighted by Crippen LogP contribution is 2.22. The van der Waals surface area contributed by atoms with Crippen LogP contribution >= 0.6 is 15.9 Å². The van der Waals surface area contributed by atoms with E-state index in [4.69, 9.17) is 9.47 Å². The molecular weight excluding hydrogens is 602 g/mol. The third-order valence-electron chi connectivity index (χ3n) is 5.67. The maximum absolute atomic E-state index is 12.9. The molecule has 0 aromatic heterocycles. The quantitative estimate of drug-likeness (QED) is 0.284. The molecule has 0 saturated carbocycles. The van der Waals surface area contributed by atoms with E-state index in [2.05, 4.69) is 26.6 Å². The van der Waals surface area contributed by atoms with Crippen molar-refractivity contribution in [3.8, 4) is 0 Å². The Balaban J connectivity index is 1.69. The number of hydrogen-bond donors (Lipinski definition) is 2. The van der Waals surface area contributed by atoms with E-state index in [1.54, 1.807) is 96.1 Å². The topological polar surface area (TPSA) is 114 Å². The summed E-state index contributed by atoms with van der Waals surface area (Å²) in [5, 5.41) is 5.65. The molecular formula is C32H36BrN3O6. The zero-order valence-corrected chi connectivity index (χ0v) is 26.4. The highest BCUT2D eigenvalue weighted by atomic mass is 79.9. The van der Waals surface area contributed by atoms with Crippen LogP contribution in [-0.2, 0) is 16.0 Å². The Morgan fingerprint density at radius 3 is 1.55 bits per heavy atom. The number of carbonyl (C=O) groups is 4. The largest absolute Gasteiger partial charge is 0.443 e. The van der Waals surface area contributed by atoms with Gasteiger partial charge in [0.25, 0.3) is 11.8 Å². The van der Waals surface area contributed by atoms with Crippen molar-refractivity contribution in [2.75, 3.05) is 10.6 Å². The molecule has 3 aromatic carbocycles. The summed E-state index contributed by atoms with van der Waals surface area (Å²) in [5.74, 6) is -0.645. The molecule has 9 nitrogen and oxygen atoms in total. The Morgan fingerprint density at radius 2 is 1.12 bits per heavy atom. The monoisotopic (exact) mass is 637 g/mol. The van der Waals surface area contributed by atoms with Gasteiger partial charge in [-0.15, -0.1) is 0 Å². The number of carbonyl (C=O) groups excluding carboxylic acids is 4. The van der Waals surface area contributed by atoms with Crippen LogP contribution in [0.25, 0.3) is 0 Å². The van der Waals surface area contributed by atoms with Gasteiger partial charge in [0.1, 0.15) is 11.2 Å². The van der Waals surface area contributed by atoms with E-state index >= 15 is 0 Å². The maximum Gasteiger partial charge on any atom is 0.420 e. The second kappa shape index (κ2) is 13.2. The van der Waals surface area contributed by atoms with Crippen LogP contribution in [0, 0.1) is 6.92 Å². The molecule has 0 heterocycles. The molecule has 3 rings (SSSR count). The van der Waals surface area contributed by atoms with Crippen LogP contribution in [-0.4, -0.2) is 40.1 Å². The first kappa shape index (κ1) is 32.3. The number of aryl methyl sites for hydroxylation is 1. The van der Waals surface area contributed by atoms with Gasteiger partial charge in [-0.05, 0) is 120 Å². The van der Waals surface area contributed by atoms with E-state index < -0.39 is 23.4 Å². The number of rotatable bonds is 6. The lowest BCUT2D eigenvalue weighted by molar-refractivity contribution is -0.000298. The number of benzene rings is 3. The summed E-state index contributed by atoms with van der Waals surface area (Å²) in [6.07, 6.45) is -1.63. The SMILES string of the molecule is Cc1cc(NC(=O)c2ccc(C(=O)Nc3ccc(Br)cc3)cc2)ccc1CN(C(=O)OC(C)(C)C)C(=O)OC(C)(C)C. The second-order valence-electron chi connectivity index (χ2n) is 11.7. The fraction of sp³-hybridized carbons (Fsp3) is 0.312. The van der Waals surface area contributed by atoms with E-state index in [0.29, 0.717) is 28.1 Å². The molecule has 0 aliphatic carbocycles. The maximum atomic E-state index is 12.9. The summed E-state index contributed by atoms with van der Waals surface area (Å²) in [6, 6.07) is 18.7. The summed E-state index contributed by atoms with van der Waals surface area (Å²) < 4.78 is 11.8. The molecule has 3 aromatic rings. The molecule has 0 atom stereocenters. The predicted octanol–water partition coefficient (Wildman–Crippen LogP) is 7.93. The van der Waals surface area contributed by atoms with Crippen LogP contribution in [0.5, 0.6) is 0 Å². The fourth-order valence-electron chi connectivity index (χ4n) is 3.67. The van der Waals surface area contributed by atoms with Crippen molar-refractivity contribution in [1.29, 1.82) is 0 Å². The zero-order valence-electron chi connectivity index (χ0n) is 24.8. The minimum Gasteiger partial charge on any atom is -0.443 e. The van der Waals surface area contributed by atoms with Crippen LogP contribution < -0.4 is 10.6 Å². The summed E-state index contributed by atoms with van der Waals surface area (Å²) >= 11 is 3.36. The van der Waals surface area contributed by atoms with Crippen LogP contribution in [0.1, 0.15) is 73.4 Å². The summed E-state index contributed by atoms with van der Waals surface area (Å²) in [4.78, 5) is 52.1. The standard InChI is InChI=1S/C32H36BrN3O6/c1-20-18-26(15-12-23(20)19-36(29(39)41-31(2,3)4)30(40)42-32(5,6)7)35-28(38)22-10-8-21(9-11-22)27(37)34-25-16-13-24(33)14-17-25/h8-18H,19H2,1-7H3,(H,34,37)(H,35,38). The Hall–Kier alpha value is -4.18. The third-order valence-corrected chi connectivity index (χ3v) is 6.20. The number of hydrogen-bond acceptors (Lipinski definition) is 6. The number of nitrogens with zero attached hydrogens (tertiary/aromatic N) is 1. The van der Waals surface area contributed by atoms with Crippen molar-refractivity contribution in [2.45, 2.75) is 66.2 Å². The Morgan fingerprint density at radius 1 is 0.690 bits per heavy atom. The fourth-order valence-corrected chi connectivity index (χ4v) is 3.94. The van der Waals surface area contributed by atoms with Crippen molar-refractivity contribution in [1.82, 2.24) is 4.90 Å². The van der Waals surface area contributed by atoms with Gasteiger partial charge in [-0.3, -0.25) is 9.59 Å². The predicted molar refractivity (Wildman–Crippen MR) is 166 cm³/mol. The van der Waals surface area contributed by atoms with Crippen molar-refractivity contribution >= 4 is 51.3 Å². The van der Waals surface area contributed by atoms with E-state index in [9.17, 15) is 19.2 Å². The highest BCUT2D eigenvalue weighted by Gasteiger charge is 2.31. The number of nitrogens with one attached hydrogen (secondary N) is 2. The molecule has 0 aliphatic rings. The number of imide groups is 1. The molecule has 0 fully saturated rings. The lowest BCUT2D eigenvalue weighted by Gasteiger charge is -2.29. The lowest BCUT2D eigenvalue weighted by Crippen LogP contribution is -2.43. The van der Waals surface area contributed by atoms with Gasteiger partial charge in [0.2, 0.25) is 0 Å².